The molecule has 0 aromatic heterocycles. The largest absolute Gasteiger partial charge is 0.310 e. The van der Waals surface area contributed by atoms with E-state index in [1.807, 2.05) is 0 Å². The summed E-state index contributed by atoms with van der Waals surface area (Å²) in [5, 5.41) is 0. The predicted molar refractivity (Wildman–Crippen MR) is 322 cm³/mol. The third kappa shape index (κ3) is 7.11. The van der Waals surface area contributed by atoms with Gasteiger partial charge in [-0.15, -0.1) is 0 Å². The van der Waals surface area contributed by atoms with E-state index in [0.717, 1.165) is 17.1 Å². The minimum atomic E-state index is -0.595. The van der Waals surface area contributed by atoms with E-state index in [4.69, 9.17) is 0 Å². The Hall–Kier alpha value is -8.00. The summed E-state index contributed by atoms with van der Waals surface area (Å²) >= 11 is 0. The van der Waals surface area contributed by atoms with Crippen LogP contribution in [0.1, 0.15) is 125 Å². The van der Waals surface area contributed by atoms with Gasteiger partial charge in [0.15, 0.2) is 0 Å². The number of para-hydroxylation sites is 1. The van der Waals surface area contributed by atoms with Crippen LogP contribution in [0.4, 0.5) is 17.1 Å². The van der Waals surface area contributed by atoms with Crippen molar-refractivity contribution in [2.45, 2.75) is 96.3 Å². The molecule has 0 aliphatic heterocycles. The second-order valence-corrected chi connectivity index (χ2v) is 24.9. The van der Waals surface area contributed by atoms with E-state index in [1.54, 1.807) is 0 Å². The fourth-order valence-electron chi connectivity index (χ4n) is 13.7. The molecule has 0 unspecified atom stereocenters. The summed E-state index contributed by atoms with van der Waals surface area (Å²) in [7, 11) is 0. The van der Waals surface area contributed by atoms with Crippen molar-refractivity contribution >= 4 is 17.1 Å². The van der Waals surface area contributed by atoms with Gasteiger partial charge in [-0.25, -0.2) is 0 Å². The molecule has 3 aliphatic carbocycles. The van der Waals surface area contributed by atoms with Crippen LogP contribution in [-0.4, -0.2) is 0 Å². The van der Waals surface area contributed by atoms with Gasteiger partial charge >= 0.3 is 0 Å². The Morgan fingerprint density at radius 2 is 0.737 bits per heavy atom. The SMILES string of the molecule is CC(C)(C)c1ccc(C2(c3ccc(C(C)(C)C)cc3)c3ccccc3-c3ccc(N(c4ccc(-c5cccc6c5C(C)(C)c5ccccc5-6)cc4)c4ccccc4-c4ccc5c(c4)C(C)(C)c4ccccc4-5)cc32)cc1. The molecule has 3 aliphatic rings. The molecular formula is C75H67N. The van der Waals surface area contributed by atoms with Crippen LogP contribution in [0.2, 0.25) is 0 Å². The molecule has 0 N–H and O–H groups in total. The summed E-state index contributed by atoms with van der Waals surface area (Å²) in [6.07, 6.45) is 0. The molecule has 13 rings (SSSR count). The lowest BCUT2D eigenvalue weighted by Gasteiger charge is -2.36. The van der Waals surface area contributed by atoms with Gasteiger partial charge in [-0.1, -0.05) is 257 Å². The molecule has 1 heteroatoms. The highest BCUT2D eigenvalue weighted by Crippen LogP contribution is 2.59. The number of hydrogen-bond donors (Lipinski definition) is 0. The molecule has 0 saturated carbocycles. The molecule has 0 spiro atoms. The van der Waals surface area contributed by atoms with E-state index in [-0.39, 0.29) is 21.7 Å². The maximum absolute atomic E-state index is 2.53. The Balaban J connectivity index is 1.04. The number of hydrogen-bond acceptors (Lipinski definition) is 1. The minimum absolute atomic E-state index is 0.0163. The van der Waals surface area contributed by atoms with Crippen molar-refractivity contribution in [2.75, 3.05) is 4.90 Å². The lowest BCUT2D eigenvalue weighted by atomic mass is 9.67. The van der Waals surface area contributed by atoms with Gasteiger partial charge in [0.1, 0.15) is 0 Å². The van der Waals surface area contributed by atoms with Gasteiger partial charge in [-0.05, 0) is 153 Å². The van der Waals surface area contributed by atoms with Crippen molar-refractivity contribution < 1.29 is 0 Å². The summed E-state index contributed by atoms with van der Waals surface area (Å²) in [5.74, 6) is 0. The Bertz CT molecular complexity index is 3870. The normalized spacial score (nSPS) is 15.0. The summed E-state index contributed by atoms with van der Waals surface area (Å²) in [4.78, 5) is 2.53. The summed E-state index contributed by atoms with van der Waals surface area (Å²) in [6.45, 7) is 23.4. The fraction of sp³-hybridized carbons (Fsp3) is 0.200. The van der Waals surface area contributed by atoms with Gasteiger partial charge in [0.25, 0.3) is 0 Å². The number of nitrogens with zero attached hydrogens (tertiary/aromatic N) is 1. The third-order valence-electron chi connectivity index (χ3n) is 17.7. The van der Waals surface area contributed by atoms with Crippen molar-refractivity contribution in [1.29, 1.82) is 0 Å². The Kier molecular flexibility index (Phi) is 10.7. The molecule has 0 heterocycles. The first kappa shape index (κ1) is 47.7. The lowest BCUT2D eigenvalue weighted by Crippen LogP contribution is -2.29. The van der Waals surface area contributed by atoms with Crippen LogP contribution < -0.4 is 4.90 Å². The van der Waals surface area contributed by atoms with Gasteiger partial charge in [-0.3, -0.25) is 0 Å². The van der Waals surface area contributed by atoms with Crippen LogP contribution in [-0.2, 0) is 27.1 Å². The van der Waals surface area contributed by atoms with E-state index in [2.05, 4.69) is 299 Å². The minimum Gasteiger partial charge on any atom is -0.310 e. The first-order chi connectivity index (χ1) is 36.5. The summed E-state index contributed by atoms with van der Waals surface area (Å²) in [6, 6.07) is 86.0. The van der Waals surface area contributed by atoms with Gasteiger partial charge in [-0.2, -0.15) is 0 Å². The highest BCUT2D eigenvalue weighted by atomic mass is 15.1. The molecule has 10 aromatic carbocycles. The van der Waals surface area contributed by atoms with Crippen molar-refractivity contribution in [2.24, 2.45) is 0 Å². The van der Waals surface area contributed by atoms with Crippen molar-refractivity contribution in [3.8, 4) is 55.6 Å². The Morgan fingerprint density at radius 1 is 0.303 bits per heavy atom. The average molecular weight is 982 g/mol. The number of benzene rings is 10. The average Bonchev–Trinajstić information content (AvgIpc) is 3.95. The highest BCUT2D eigenvalue weighted by Gasteiger charge is 2.47. The van der Waals surface area contributed by atoms with E-state index >= 15 is 0 Å². The van der Waals surface area contributed by atoms with Crippen LogP contribution in [0.5, 0.6) is 0 Å². The van der Waals surface area contributed by atoms with E-state index in [9.17, 15) is 0 Å². The highest BCUT2D eigenvalue weighted by molar-refractivity contribution is 5.95. The zero-order valence-electron chi connectivity index (χ0n) is 45.8. The number of anilines is 3. The Morgan fingerprint density at radius 3 is 1.34 bits per heavy atom. The zero-order valence-corrected chi connectivity index (χ0v) is 45.8. The topological polar surface area (TPSA) is 3.24 Å². The molecule has 372 valence electrons. The first-order valence-electron chi connectivity index (χ1n) is 27.4. The lowest BCUT2D eigenvalue weighted by molar-refractivity contribution is 0.588. The Labute approximate surface area is 451 Å². The molecule has 0 fully saturated rings. The fourth-order valence-corrected chi connectivity index (χ4v) is 13.7. The summed E-state index contributed by atoms with van der Waals surface area (Å²) in [5.41, 5.74) is 28.6. The van der Waals surface area contributed by atoms with Gasteiger partial charge in [0.2, 0.25) is 0 Å². The first-order valence-corrected chi connectivity index (χ1v) is 27.4. The maximum atomic E-state index is 2.53. The van der Waals surface area contributed by atoms with Crippen molar-refractivity contribution in [3.63, 3.8) is 0 Å². The van der Waals surface area contributed by atoms with Crippen LogP contribution >= 0.6 is 0 Å². The van der Waals surface area contributed by atoms with E-state index < -0.39 is 5.41 Å². The second kappa shape index (κ2) is 17.0. The molecule has 76 heavy (non-hydrogen) atoms. The van der Waals surface area contributed by atoms with Crippen molar-refractivity contribution in [1.82, 2.24) is 0 Å². The van der Waals surface area contributed by atoms with Gasteiger partial charge < -0.3 is 4.90 Å². The van der Waals surface area contributed by atoms with Crippen LogP contribution in [0.15, 0.2) is 224 Å². The third-order valence-corrected chi connectivity index (χ3v) is 17.7. The zero-order chi connectivity index (χ0) is 52.5. The maximum Gasteiger partial charge on any atom is 0.0714 e. The van der Waals surface area contributed by atoms with Crippen LogP contribution in [0.3, 0.4) is 0 Å². The molecule has 0 amide bonds. The molecular weight excluding hydrogens is 915 g/mol. The van der Waals surface area contributed by atoms with Gasteiger partial charge in [0, 0.05) is 27.8 Å². The van der Waals surface area contributed by atoms with Gasteiger partial charge in [0.05, 0.1) is 11.1 Å². The molecule has 0 atom stereocenters. The monoisotopic (exact) mass is 982 g/mol. The summed E-state index contributed by atoms with van der Waals surface area (Å²) < 4.78 is 0. The molecule has 0 radical (unpaired) electrons. The molecule has 0 saturated heterocycles. The molecule has 1 nitrogen and oxygen atoms in total. The molecule has 0 bridgehead atoms. The quantitative estimate of drug-likeness (QED) is 0.154. The smallest absolute Gasteiger partial charge is 0.0714 e. The second-order valence-electron chi connectivity index (χ2n) is 24.9. The predicted octanol–water partition coefficient (Wildman–Crippen LogP) is 20.1. The standard InChI is InChI=1S/C75H67N/c1-71(2,3)50-33-37-52(38-34-50)75(53-39-35-51(36-40-53)72(4,5)6)66-28-17-13-22-59(66)62-45-43-55(47-68(62)75)76(54-41-30-48(31-42-54)57-24-19-25-63-60-23-12-16-27-65(60)74(9,10)70(57)63)69-29-18-14-20-56(69)49-32-44-61-58-21-11-15-26-64(58)73(7,8)67(61)46-49/h11-47H,1-10H3. The number of rotatable bonds is 7. The molecule has 10 aromatic rings. The van der Waals surface area contributed by atoms with E-state index in [1.165, 1.54) is 111 Å². The van der Waals surface area contributed by atoms with Crippen LogP contribution in [0, 0.1) is 0 Å². The van der Waals surface area contributed by atoms with Crippen molar-refractivity contribution in [3.05, 3.63) is 280 Å². The van der Waals surface area contributed by atoms with Crippen LogP contribution in [0.25, 0.3) is 55.6 Å². The van der Waals surface area contributed by atoms with E-state index in [0.29, 0.717) is 0 Å². The number of fused-ring (bicyclic) bond motifs is 9.